The zero-order valence-corrected chi connectivity index (χ0v) is 12.0. The summed E-state index contributed by atoms with van der Waals surface area (Å²) in [7, 11) is 2.01. The first-order chi connectivity index (χ1) is 10.1. The van der Waals surface area contributed by atoms with E-state index in [1.165, 1.54) is 17.7 Å². The first kappa shape index (κ1) is 15.2. The molecule has 5 nitrogen and oxygen atoms in total. The van der Waals surface area contributed by atoms with Crippen molar-refractivity contribution < 1.29 is 4.92 Å². The molecule has 5 heteroatoms. The second-order valence-electron chi connectivity index (χ2n) is 5.00. The molecule has 0 spiro atoms. The zero-order valence-electron chi connectivity index (χ0n) is 12.0. The van der Waals surface area contributed by atoms with Crippen molar-refractivity contribution in [2.24, 2.45) is 5.73 Å². The van der Waals surface area contributed by atoms with Gasteiger partial charge in [0.1, 0.15) is 0 Å². The van der Waals surface area contributed by atoms with E-state index in [0.717, 1.165) is 12.1 Å². The quantitative estimate of drug-likeness (QED) is 0.654. The van der Waals surface area contributed by atoms with E-state index in [0.29, 0.717) is 6.54 Å². The van der Waals surface area contributed by atoms with E-state index >= 15 is 0 Å². The van der Waals surface area contributed by atoms with Crippen molar-refractivity contribution >= 4 is 5.69 Å². The molecule has 2 N–H and O–H groups in total. The molecule has 1 atom stereocenters. The third-order valence-electron chi connectivity index (χ3n) is 3.52. The van der Waals surface area contributed by atoms with Gasteiger partial charge in [-0.2, -0.15) is 0 Å². The van der Waals surface area contributed by atoms with E-state index in [1.807, 2.05) is 25.2 Å². The van der Waals surface area contributed by atoms with Crippen LogP contribution in [0.25, 0.3) is 0 Å². The first-order valence-corrected chi connectivity index (χ1v) is 6.80. The van der Waals surface area contributed by atoms with Gasteiger partial charge in [-0.15, -0.1) is 0 Å². The van der Waals surface area contributed by atoms with Crippen molar-refractivity contribution in [1.29, 1.82) is 0 Å². The van der Waals surface area contributed by atoms with Gasteiger partial charge in [-0.05, 0) is 18.2 Å². The van der Waals surface area contributed by atoms with Crippen LogP contribution in [-0.4, -0.2) is 23.4 Å². The summed E-state index contributed by atoms with van der Waals surface area (Å²) in [5, 5.41) is 10.7. The van der Waals surface area contributed by atoms with Crippen LogP contribution in [-0.2, 0) is 6.54 Å². The van der Waals surface area contributed by atoms with E-state index in [1.54, 1.807) is 12.1 Å². The zero-order chi connectivity index (χ0) is 15.2. The van der Waals surface area contributed by atoms with Crippen LogP contribution in [0.3, 0.4) is 0 Å². The molecule has 0 heterocycles. The van der Waals surface area contributed by atoms with Gasteiger partial charge in [-0.3, -0.25) is 15.0 Å². The Bertz CT molecular complexity index is 584. The minimum absolute atomic E-state index is 0.0333. The molecule has 0 amide bonds. The maximum absolute atomic E-state index is 10.7. The third-order valence-corrected chi connectivity index (χ3v) is 3.52. The van der Waals surface area contributed by atoms with Crippen LogP contribution in [0.2, 0.25) is 0 Å². The maximum Gasteiger partial charge on any atom is 0.269 e. The number of rotatable bonds is 6. The largest absolute Gasteiger partial charge is 0.329 e. The van der Waals surface area contributed by atoms with E-state index in [4.69, 9.17) is 5.73 Å². The Morgan fingerprint density at radius 2 is 1.76 bits per heavy atom. The molecular weight excluding hydrogens is 266 g/mol. The van der Waals surface area contributed by atoms with E-state index < -0.39 is 4.92 Å². The summed E-state index contributed by atoms with van der Waals surface area (Å²) in [4.78, 5) is 12.5. The van der Waals surface area contributed by atoms with Crippen molar-refractivity contribution in [3.8, 4) is 0 Å². The molecular formula is C16H19N3O2. The Labute approximate surface area is 124 Å². The lowest BCUT2D eigenvalue weighted by Gasteiger charge is -2.27. The van der Waals surface area contributed by atoms with Gasteiger partial charge in [0.2, 0.25) is 0 Å². The SMILES string of the molecule is CN(Cc1ccccc1)C(CN)c1ccc([N+](=O)[O-])cc1. The first-order valence-electron chi connectivity index (χ1n) is 6.80. The number of nitro benzene ring substituents is 1. The molecule has 2 aromatic rings. The van der Waals surface area contributed by atoms with Crippen molar-refractivity contribution in [2.45, 2.75) is 12.6 Å². The van der Waals surface area contributed by atoms with Crippen LogP contribution in [0.5, 0.6) is 0 Å². The summed E-state index contributed by atoms with van der Waals surface area (Å²) >= 11 is 0. The average Bonchev–Trinajstić information content (AvgIpc) is 2.49. The lowest BCUT2D eigenvalue weighted by Crippen LogP contribution is -2.30. The van der Waals surface area contributed by atoms with Gasteiger partial charge in [0.05, 0.1) is 4.92 Å². The molecule has 2 aromatic carbocycles. The Morgan fingerprint density at radius 1 is 1.14 bits per heavy atom. The second-order valence-corrected chi connectivity index (χ2v) is 5.00. The minimum atomic E-state index is -0.394. The van der Waals surface area contributed by atoms with Crippen LogP contribution in [0.4, 0.5) is 5.69 Å². The van der Waals surface area contributed by atoms with Gasteiger partial charge in [-0.25, -0.2) is 0 Å². The molecule has 0 saturated heterocycles. The fourth-order valence-corrected chi connectivity index (χ4v) is 2.37. The Morgan fingerprint density at radius 3 is 2.29 bits per heavy atom. The topological polar surface area (TPSA) is 72.4 Å². The molecule has 0 fully saturated rings. The smallest absolute Gasteiger partial charge is 0.269 e. The Kier molecular flexibility index (Phi) is 5.03. The molecule has 0 saturated carbocycles. The summed E-state index contributed by atoms with van der Waals surface area (Å²) in [6.45, 7) is 1.24. The number of benzene rings is 2. The normalized spacial score (nSPS) is 12.3. The van der Waals surface area contributed by atoms with Gasteiger partial charge in [-0.1, -0.05) is 42.5 Å². The van der Waals surface area contributed by atoms with Crippen LogP contribution >= 0.6 is 0 Å². The van der Waals surface area contributed by atoms with Crippen LogP contribution in [0, 0.1) is 10.1 Å². The highest BCUT2D eigenvalue weighted by atomic mass is 16.6. The average molecular weight is 285 g/mol. The fourth-order valence-electron chi connectivity index (χ4n) is 2.37. The Hall–Kier alpha value is -2.24. The van der Waals surface area contributed by atoms with Gasteiger partial charge in [0.15, 0.2) is 0 Å². The number of non-ortho nitro benzene ring substituents is 1. The van der Waals surface area contributed by atoms with Crippen molar-refractivity contribution in [3.63, 3.8) is 0 Å². The molecule has 21 heavy (non-hydrogen) atoms. The predicted octanol–water partition coefficient (Wildman–Crippen LogP) is 2.73. The number of likely N-dealkylation sites (N-methyl/N-ethyl adjacent to an activating group) is 1. The van der Waals surface area contributed by atoms with Gasteiger partial charge in [0, 0.05) is 31.3 Å². The highest BCUT2D eigenvalue weighted by Gasteiger charge is 2.16. The van der Waals surface area contributed by atoms with E-state index in [-0.39, 0.29) is 11.7 Å². The van der Waals surface area contributed by atoms with E-state index in [2.05, 4.69) is 17.0 Å². The summed E-state index contributed by atoms with van der Waals surface area (Å²) in [5.41, 5.74) is 8.18. The van der Waals surface area contributed by atoms with E-state index in [9.17, 15) is 10.1 Å². The Balaban J connectivity index is 2.13. The predicted molar refractivity (Wildman–Crippen MR) is 82.8 cm³/mol. The van der Waals surface area contributed by atoms with Crippen LogP contribution in [0.1, 0.15) is 17.2 Å². The molecule has 0 bridgehead atoms. The molecule has 1 unspecified atom stereocenters. The summed E-state index contributed by atoms with van der Waals surface area (Å²) in [6, 6.07) is 16.8. The summed E-state index contributed by atoms with van der Waals surface area (Å²) in [6.07, 6.45) is 0. The number of hydrogen-bond acceptors (Lipinski definition) is 4. The highest BCUT2D eigenvalue weighted by Crippen LogP contribution is 2.22. The lowest BCUT2D eigenvalue weighted by atomic mass is 10.0. The number of nitrogens with two attached hydrogens (primary N) is 1. The minimum Gasteiger partial charge on any atom is -0.329 e. The molecule has 0 aliphatic heterocycles. The monoisotopic (exact) mass is 285 g/mol. The van der Waals surface area contributed by atoms with Gasteiger partial charge >= 0.3 is 0 Å². The maximum atomic E-state index is 10.7. The van der Waals surface area contributed by atoms with Gasteiger partial charge in [0.25, 0.3) is 5.69 Å². The van der Waals surface area contributed by atoms with Crippen molar-refractivity contribution in [3.05, 3.63) is 75.8 Å². The van der Waals surface area contributed by atoms with Crippen LogP contribution < -0.4 is 5.73 Å². The molecule has 0 aliphatic rings. The number of nitrogens with zero attached hydrogens (tertiary/aromatic N) is 2. The summed E-state index contributed by atoms with van der Waals surface area (Å²) in [5.74, 6) is 0. The second kappa shape index (κ2) is 6.97. The van der Waals surface area contributed by atoms with Crippen molar-refractivity contribution in [1.82, 2.24) is 4.90 Å². The standard InChI is InChI=1S/C16H19N3O2/c1-18(12-13-5-3-2-4-6-13)16(11-17)14-7-9-15(10-8-14)19(20)21/h2-10,16H,11-12,17H2,1H3. The number of hydrogen-bond donors (Lipinski definition) is 1. The van der Waals surface area contributed by atoms with Gasteiger partial charge < -0.3 is 5.73 Å². The molecule has 110 valence electrons. The van der Waals surface area contributed by atoms with Crippen LogP contribution in [0.15, 0.2) is 54.6 Å². The third kappa shape index (κ3) is 3.87. The number of nitro groups is 1. The highest BCUT2D eigenvalue weighted by molar-refractivity contribution is 5.34. The molecule has 0 radical (unpaired) electrons. The summed E-state index contributed by atoms with van der Waals surface area (Å²) < 4.78 is 0. The fraction of sp³-hybridized carbons (Fsp3) is 0.250. The van der Waals surface area contributed by atoms with Crippen molar-refractivity contribution in [2.75, 3.05) is 13.6 Å². The molecule has 2 rings (SSSR count). The lowest BCUT2D eigenvalue weighted by molar-refractivity contribution is -0.384. The molecule has 0 aromatic heterocycles. The molecule has 0 aliphatic carbocycles.